The van der Waals surface area contributed by atoms with Gasteiger partial charge in [-0.2, -0.15) is 4.98 Å². The Morgan fingerprint density at radius 2 is 2.00 bits per heavy atom. The summed E-state index contributed by atoms with van der Waals surface area (Å²) >= 11 is 0. The third kappa shape index (κ3) is 4.44. The summed E-state index contributed by atoms with van der Waals surface area (Å²) < 4.78 is 10.4. The van der Waals surface area contributed by atoms with E-state index in [1.54, 1.807) is 7.11 Å². The van der Waals surface area contributed by atoms with Crippen molar-refractivity contribution in [1.29, 1.82) is 0 Å². The lowest BCUT2D eigenvalue weighted by molar-refractivity contribution is 0.171. The molecule has 4 heterocycles. The largest absolute Gasteiger partial charge is 0.377 e. The number of hydrogen-bond acceptors (Lipinski definition) is 8. The molecular formula is C19H28N6O2. The van der Waals surface area contributed by atoms with E-state index in [2.05, 4.69) is 31.0 Å². The molecule has 0 bridgehead atoms. The van der Waals surface area contributed by atoms with Crippen molar-refractivity contribution in [3.05, 3.63) is 29.3 Å². The van der Waals surface area contributed by atoms with Crippen LogP contribution in [0.3, 0.4) is 0 Å². The van der Waals surface area contributed by atoms with Crippen LogP contribution in [0.15, 0.2) is 10.6 Å². The maximum Gasteiger partial charge on any atom is 0.240 e. The van der Waals surface area contributed by atoms with Gasteiger partial charge in [-0.3, -0.25) is 4.90 Å². The summed E-state index contributed by atoms with van der Waals surface area (Å²) in [5.74, 6) is 3.63. The predicted molar refractivity (Wildman–Crippen MR) is 100 cm³/mol. The Labute approximate surface area is 159 Å². The molecule has 8 heteroatoms. The minimum atomic E-state index is 0.381. The Morgan fingerprint density at radius 1 is 1.15 bits per heavy atom. The maximum absolute atomic E-state index is 5.35. The quantitative estimate of drug-likeness (QED) is 0.764. The molecule has 2 aromatic rings. The van der Waals surface area contributed by atoms with Crippen molar-refractivity contribution in [2.24, 2.45) is 0 Å². The zero-order chi connectivity index (χ0) is 18.6. The molecule has 2 aromatic heterocycles. The third-order valence-electron chi connectivity index (χ3n) is 5.34. The fourth-order valence-electron chi connectivity index (χ4n) is 4.07. The van der Waals surface area contributed by atoms with Crippen molar-refractivity contribution >= 4 is 5.82 Å². The van der Waals surface area contributed by atoms with Gasteiger partial charge < -0.3 is 14.2 Å². The Hall–Kier alpha value is -2.06. The van der Waals surface area contributed by atoms with E-state index < -0.39 is 0 Å². The van der Waals surface area contributed by atoms with Crippen molar-refractivity contribution < 1.29 is 9.26 Å². The highest BCUT2D eigenvalue weighted by Gasteiger charge is 2.25. The lowest BCUT2D eigenvalue weighted by Gasteiger charge is -2.31. The van der Waals surface area contributed by atoms with Crippen molar-refractivity contribution in [3.8, 4) is 0 Å². The molecule has 0 radical (unpaired) electrons. The summed E-state index contributed by atoms with van der Waals surface area (Å²) in [5.41, 5.74) is 1.17. The highest BCUT2D eigenvalue weighted by atomic mass is 16.5. The van der Waals surface area contributed by atoms with Crippen molar-refractivity contribution in [2.75, 3.05) is 38.2 Å². The number of hydrogen-bond donors (Lipinski definition) is 0. The van der Waals surface area contributed by atoms with E-state index in [0.29, 0.717) is 30.8 Å². The first kappa shape index (κ1) is 18.3. The van der Waals surface area contributed by atoms with E-state index in [1.165, 1.54) is 18.5 Å². The molecule has 0 aromatic carbocycles. The normalized spacial score (nSPS) is 21.1. The molecular weight excluding hydrogens is 344 g/mol. The number of aromatic nitrogens is 4. The standard InChI is InChI=1S/C19H28N6O2/c1-14-20-16(10-18(21-14)25-8-3-4-9-25)15-6-5-7-24(11-15)12-19-22-17(13-26-2)23-27-19/h10,15H,3-9,11-13H2,1-2H3. The molecule has 2 saturated heterocycles. The Kier molecular flexibility index (Phi) is 5.63. The zero-order valence-electron chi connectivity index (χ0n) is 16.2. The molecule has 0 saturated carbocycles. The van der Waals surface area contributed by atoms with Gasteiger partial charge in [-0.15, -0.1) is 0 Å². The fourth-order valence-corrected chi connectivity index (χ4v) is 4.07. The molecule has 4 rings (SSSR count). The van der Waals surface area contributed by atoms with Gasteiger partial charge in [0, 0.05) is 38.7 Å². The van der Waals surface area contributed by atoms with Crippen molar-refractivity contribution in [1.82, 2.24) is 25.0 Å². The van der Waals surface area contributed by atoms with Crippen molar-refractivity contribution in [3.63, 3.8) is 0 Å². The number of rotatable bonds is 6. The number of methoxy groups -OCH3 is 1. The number of aryl methyl sites for hydroxylation is 1. The molecule has 0 N–H and O–H groups in total. The van der Waals surface area contributed by atoms with Crippen LogP contribution < -0.4 is 4.90 Å². The molecule has 27 heavy (non-hydrogen) atoms. The SMILES string of the molecule is COCc1noc(CN2CCCC(c3cc(N4CCCC4)nc(C)n3)C2)n1. The van der Waals surface area contributed by atoms with Crippen LogP contribution in [0.1, 0.15) is 54.8 Å². The summed E-state index contributed by atoms with van der Waals surface area (Å²) in [4.78, 5) is 18.6. The monoisotopic (exact) mass is 372 g/mol. The first-order valence-corrected chi connectivity index (χ1v) is 9.84. The van der Waals surface area contributed by atoms with Gasteiger partial charge in [-0.25, -0.2) is 9.97 Å². The van der Waals surface area contributed by atoms with Gasteiger partial charge in [0.15, 0.2) is 5.82 Å². The summed E-state index contributed by atoms with van der Waals surface area (Å²) in [7, 11) is 1.63. The molecule has 2 fully saturated rings. The molecule has 146 valence electrons. The van der Waals surface area contributed by atoms with E-state index in [-0.39, 0.29) is 0 Å². The number of nitrogens with zero attached hydrogens (tertiary/aromatic N) is 6. The highest BCUT2D eigenvalue weighted by molar-refractivity contribution is 5.41. The van der Waals surface area contributed by atoms with Gasteiger partial charge in [0.2, 0.25) is 5.89 Å². The van der Waals surface area contributed by atoms with Crippen LogP contribution in [-0.4, -0.2) is 58.3 Å². The molecule has 1 unspecified atom stereocenters. The number of ether oxygens (including phenoxy) is 1. The van der Waals surface area contributed by atoms with Crippen LogP contribution in [0.25, 0.3) is 0 Å². The van der Waals surface area contributed by atoms with Crippen molar-refractivity contribution in [2.45, 2.75) is 51.7 Å². The fraction of sp³-hybridized carbons (Fsp3) is 0.684. The molecule has 2 aliphatic heterocycles. The minimum Gasteiger partial charge on any atom is -0.377 e. The van der Waals surface area contributed by atoms with E-state index in [4.69, 9.17) is 14.2 Å². The van der Waals surface area contributed by atoms with Gasteiger partial charge in [0.25, 0.3) is 0 Å². The third-order valence-corrected chi connectivity index (χ3v) is 5.34. The summed E-state index contributed by atoms with van der Waals surface area (Å²) in [6.07, 6.45) is 4.81. The average Bonchev–Trinajstić information content (AvgIpc) is 3.34. The predicted octanol–water partition coefficient (Wildman–Crippen LogP) is 2.29. The van der Waals surface area contributed by atoms with Crippen LogP contribution in [0.4, 0.5) is 5.82 Å². The Bertz CT molecular complexity index is 758. The second-order valence-corrected chi connectivity index (χ2v) is 7.50. The second-order valence-electron chi connectivity index (χ2n) is 7.50. The highest BCUT2D eigenvalue weighted by Crippen LogP contribution is 2.29. The van der Waals surface area contributed by atoms with Gasteiger partial charge in [0.1, 0.15) is 18.2 Å². The van der Waals surface area contributed by atoms with Crippen LogP contribution in [0.5, 0.6) is 0 Å². The van der Waals surface area contributed by atoms with Gasteiger partial charge >= 0.3 is 0 Å². The smallest absolute Gasteiger partial charge is 0.240 e. The molecule has 0 spiro atoms. The molecule has 0 amide bonds. The average molecular weight is 372 g/mol. The topological polar surface area (TPSA) is 80.4 Å². The first-order chi connectivity index (χ1) is 13.2. The van der Waals surface area contributed by atoms with Crippen LogP contribution in [-0.2, 0) is 17.9 Å². The molecule has 0 aliphatic carbocycles. The Balaban J connectivity index is 1.44. The maximum atomic E-state index is 5.35. The van der Waals surface area contributed by atoms with Crippen LogP contribution in [0.2, 0.25) is 0 Å². The molecule has 2 aliphatic rings. The van der Waals surface area contributed by atoms with Crippen LogP contribution >= 0.6 is 0 Å². The summed E-state index contributed by atoms with van der Waals surface area (Å²) in [6.45, 7) is 7.27. The lowest BCUT2D eigenvalue weighted by atomic mass is 9.94. The number of anilines is 1. The lowest BCUT2D eigenvalue weighted by Crippen LogP contribution is -2.34. The first-order valence-electron chi connectivity index (χ1n) is 9.84. The van der Waals surface area contributed by atoms with Crippen LogP contribution in [0, 0.1) is 6.92 Å². The molecule has 1 atom stereocenters. The zero-order valence-corrected chi connectivity index (χ0v) is 16.2. The molecule has 8 nitrogen and oxygen atoms in total. The Morgan fingerprint density at radius 3 is 2.81 bits per heavy atom. The second kappa shape index (κ2) is 8.31. The summed E-state index contributed by atoms with van der Waals surface area (Å²) in [5, 5.41) is 3.95. The van der Waals surface area contributed by atoms with Gasteiger partial charge in [-0.1, -0.05) is 5.16 Å². The summed E-state index contributed by atoms with van der Waals surface area (Å²) in [6, 6.07) is 2.20. The minimum absolute atomic E-state index is 0.381. The van der Waals surface area contributed by atoms with E-state index >= 15 is 0 Å². The van der Waals surface area contributed by atoms with Gasteiger partial charge in [-0.05, 0) is 39.2 Å². The number of piperidine rings is 1. The van der Waals surface area contributed by atoms with E-state index in [0.717, 1.165) is 50.7 Å². The number of likely N-dealkylation sites (tertiary alicyclic amines) is 1. The van der Waals surface area contributed by atoms with E-state index in [1.807, 2.05) is 6.92 Å². The van der Waals surface area contributed by atoms with E-state index in [9.17, 15) is 0 Å². The van der Waals surface area contributed by atoms with Gasteiger partial charge in [0.05, 0.1) is 12.2 Å².